The number of nitrogens with zero attached hydrogens (tertiary/aromatic N) is 4. The van der Waals surface area contributed by atoms with Gasteiger partial charge in [0, 0.05) is 31.7 Å². The maximum atomic E-state index is 13.4. The van der Waals surface area contributed by atoms with E-state index in [-0.39, 0.29) is 29.6 Å². The second-order valence-corrected chi connectivity index (χ2v) is 10.9. The van der Waals surface area contributed by atoms with Crippen LogP contribution < -0.4 is 9.64 Å². The molecule has 4 rings (SSSR count). The largest absolute Gasteiger partial charge is 0.494 e. The van der Waals surface area contributed by atoms with Crippen molar-refractivity contribution in [2.24, 2.45) is 0 Å². The van der Waals surface area contributed by atoms with Crippen LogP contribution >= 0.6 is 23.7 Å². The number of aromatic nitrogens is 3. The molecule has 1 amide bonds. The van der Waals surface area contributed by atoms with Gasteiger partial charge in [0.2, 0.25) is 5.91 Å². The quantitative estimate of drug-likeness (QED) is 0.299. The van der Waals surface area contributed by atoms with Crippen LogP contribution in [-0.2, 0) is 27.6 Å². The molecule has 0 bridgehead atoms. The Morgan fingerprint density at radius 2 is 1.94 bits per heavy atom. The van der Waals surface area contributed by atoms with Crippen molar-refractivity contribution in [1.29, 1.82) is 0 Å². The predicted octanol–water partition coefficient (Wildman–Crippen LogP) is 4.38. The molecule has 2 aromatic heterocycles. The van der Waals surface area contributed by atoms with Crippen LogP contribution in [0.4, 0.5) is 5.13 Å². The van der Waals surface area contributed by atoms with Gasteiger partial charge in [0.15, 0.2) is 15.0 Å². The predicted molar refractivity (Wildman–Crippen MR) is 140 cm³/mol. The zero-order valence-corrected chi connectivity index (χ0v) is 21.9. The minimum Gasteiger partial charge on any atom is -0.494 e. The number of sulfone groups is 1. The molecule has 0 unspecified atom stereocenters. The van der Waals surface area contributed by atoms with Crippen LogP contribution in [0.2, 0.25) is 0 Å². The number of carbonyl (C=O) groups is 1. The minimum atomic E-state index is -3.28. The third-order valence-corrected chi connectivity index (χ3v) is 7.43. The molecule has 0 spiro atoms. The van der Waals surface area contributed by atoms with Crippen LogP contribution in [0.1, 0.15) is 18.9 Å². The summed E-state index contributed by atoms with van der Waals surface area (Å²) in [5.41, 5.74) is 1.56. The number of fused-ring (bicyclic) bond motifs is 1. The lowest BCUT2D eigenvalue weighted by Crippen LogP contribution is -2.33. The van der Waals surface area contributed by atoms with Crippen LogP contribution in [0.5, 0.6) is 5.75 Å². The van der Waals surface area contributed by atoms with Gasteiger partial charge in [-0.3, -0.25) is 9.69 Å². The number of halogens is 1. The Morgan fingerprint density at radius 3 is 2.60 bits per heavy atom. The zero-order valence-electron chi connectivity index (χ0n) is 19.5. The summed E-state index contributed by atoms with van der Waals surface area (Å²) < 4.78 is 32.0. The normalized spacial score (nSPS) is 11.3. The first-order valence-electron chi connectivity index (χ1n) is 10.9. The molecule has 0 N–H and O–H groups in total. The van der Waals surface area contributed by atoms with Gasteiger partial charge in [-0.05, 0) is 49.2 Å². The van der Waals surface area contributed by atoms with Gasteiger partial charge in [-0.2, -0.15) is 0 Å². The number of carbonyl (C=O) groups excluding carboxylic acids is 1. The zero-order chi connectivity index (χ0) is 24.1. The molecule has 0 aliphatic carbocycles. The number of benzene rings is 2. The number of anilines is 1. The molecule has 2 aromatic carbocycles. The fourth-order valence-corrected chi connectivity index (χ4v) is 5.21. The van der Waals surface area contributed by atoms with Gasteiger partial charge in [-0.15, -0.1) is 12.4 Å². The number of imidazole rings is 1. The summed E-state index contributed by atoms with van der Waals surface area (Å²) in [4.78, 5) is 24.1. The van der Waals surface area contributed by atoms with Gasteiger partial charge >= 0.3 is 0 Å². The van der Waals surface area contributed by atoms with E-state index in [1.54, 1.807) is 29.6 Å². The van der Waals surface area contributed by atoms with Gasteiger partial charge in [0.05, 0.1) is 34.5 Å². The number of thiazole rings is 1. The molecule has 0 fully saturated rings. The maximum absolute atomic E-state index is 13.4. The van der Waals surface area contributed by atoms with E-state index in [2.05, 4.69) is 4.98 Å². The van der Waals surface area contributed by atoms with E-state index in [1.165, 1.54) is 29.7 Å². The fraction of sp³-hybridized carbons (Fsp3) is 0.292. The molecule has 4 aromatic rings. The summed E-state index contributed by atoms with van der Waals surface area (Å²) in [5, 5.41) is 0.632. The number of hydrogen-bond acceptors (Lipinski definition) is 7. The monoisotopic (exact) mass is 534 g/mol. The highest BCUT2D eigenvalue weighted by Gasteiger charge is 2.20. The number of aryl methyl sites for hydroxylation is 1. The first-order valence-corrected chi connectivity index (χ1v) is 13.6. The van der Waals surface area contributed by atoms with Crippen molar-refractivity contribution in [3.8, 4) is 5.75 Å². The highest BCUT2D eigenvalue weighted by atomic mass is 35.5. The average molecular weight is 535 g/mol. The van der Waals surface area contributed by atoms with Gasteiger partial charge in [0.25, 0.3) is 0 Å². The third-order valence-electron chi connectivity index (χ3n) is 5.26. The van der Waals surface area contributed by atoms with Gasteiger partial charge < -0.3 is 9.30 Å². The first kappa shape index (κ1) is 26.7. The Kier molecular flexibility index (Phi) is 8.87. The highest BCUT2D eigenvalue weighted by molar-refractivity contribution is 7.90. The molecule has 0 saturated carbocycles. The molecule has 11 heteroatoms. The Hall–Kier alpha value is -2.95. The topological polar surface area (TPSA) is 94.4 Å². The third kappa shape index (κ3) is 6.81. The molecule has 8 nitrogen and oxygen atoms in total. The summed E-state index contributed by atoms with van der Waals surface area (Å²) in [5.74, 6) is 0.677. The number of ether oxygens (including phenoxy) is 1. The standard InChI is InChI=1S/C24H26N4O4S2.ClH/c1-3-32-19-7-10-21-22(16-19)33-24(26-21)28(13-4-12-27-14-11-25-17-27)23(29)15-18-5-8-20(9-6-18)34(2,30)31;/h5-11,14,16-17H,3-4,12-13,15H2,1-2H3;1H. The second-order valence-electron chi connectivity index (χ2n) is 7.85. The summed E-state index contributed by atoms with van der Waals surface area (Å²) in [6.07, 6.45) is 7.42. The van der Waals surface area contributed by atoms with E-state index >= 15 is 0 Å². The SMILES string of the molecule is CCOc1ccc2nc(N(CCCn3ccnc3)C(=O)Cc3ccc(S(C)(=O)=O)cc3)sc2c1.Cl. The summed E-state index contributed by atoms with van der Waals surface area (Å²) in [6, 6.07) is 12.2. The van der Waals surface area contributed by atoms with Gasteiger partial charge in [-0.25, -0.2) is 18.4 Å². The molecular weight excluding hydrogens is 508 g/mol. The minimum absolute atomic E-state index is 0. The summed E-state index contributed by atoms with van der Waals surface area (Å²) in [6.45, 7) is 3.74. The van der Waals surface area contributed by atoms with Crippen molar-refractivity contribution in [3.05, 3.63) is 66.7 Å². The van der Waals surface area contributed by atoms with Crippen LogP contribution in [0.15, 0.2) is 66.1 Å². The van der Waals surface area contributed by atoms with Crippen LogP contribution in [-0.4, -0.2) is 48.3 Å². The smallest absolute Gasteiger partial charge is 0.233 e. The molecule has 0 saturated heterocycles. The van der Waals surface area contributed by atoms with Crippen LogP contribution in [0.25, 0.3) is 10.2 Å². The lowest BCUT2D eigenvalue weighted by atomic mass is 10.1. The maximum Gasteiger partial charge on any atom is 0.233 e. The van der Waals surface area contributed by atoms with Gasteiger partial charge in [-0.1, -0.05) is 23.5 Å². The first-order chi connectivity index (χ1) is 16.3. The Balaban J connectivity index is 0.00000342. The van der Waals surface area contributed by atoms with Crippen molar-refractivity contribution in [2.45, 2.75) is 31.2 Å². The molecule has 2 heterocycles. The number of hydrogen-bond donors (Lipinski definition) is 0. The van der Waals surface area contributed by atoms with E-state index < -0.39 is 9.84 Å². The Bertz CT molecular complexity index is 1370. The number of rotatable bonds is 10. The van der Waals surface area contributed by atoms with Crippen molar-refractivity contribution in [2.75, 3.05) is 24.3 Å². The lowest BCUT2D eigenvalue weighted by molar-refractivity contribution is -0.118. The van der Waals surface area contributed by atoms with Crippen LogP contribution in [0, 0.1) is 0 Å². The van der Waals surface area contributed by atoms with Gasteiger partial charge in [0.1, 0.15) is 5.75 Å². The molecule has 186 valence electrons. The molecular formula is C24H27ClN4O4S2. The fourth-order valence-electron chi connectivity index (χ4n) is 3.55. The van der Waals surface area contributed by atoms with Crippen molar-refractivity contribution in [3.63, 3.8) is 0 Å². The molecule has 0 aliphatic rings. The van der Waals surface area contributed by atoms with Crippen molar-refractivity contribution >= 4 is 54.8 Å². The Labute approximate surface area is 214 Å². The van der Waals surface area contributed by atoms with E-state index in [1.807, 2.05) is 35.9 Å². The highest BCUT2D eigenvalue weighted by Crippen LogP contribution is 2.32. The molecule has 0 radical (unpaired) electrons. The van der Waals surface area contributed by atoms with Crippen molar-refractivity contribution in [1.82, 2.24) is 14.5 Å². The summed E-state index contributed by atoms with van der Waals surface area (Å²) >= 11 is 1.45. The van der Waals surface area contributed by atoms with E-state index in [0.717, 1.165) is 34.5 Å². The van der Waals surface area contributed by atoms with E-state index in [0.29, 0.717) is 18.3 Å². The Morgan fingerprint density at radius 1 is 1.17 bits per heavy atom. The summed E-state index contributed by atoms with van der Waals surface area (Å²) in [7, 11) is -3.28. The number of amides is 1. The second kappa shape index (κ2) is 11.7. The average Bonchev–Trinajstić information content (AvgIpc) is 3.46. The lowest BCUT2D eigenvalue weighted by Gasteiger charge is -2.20. The van der Waals surface area contributed by atoms with Crippen LogP contribution in [0.3, 0.4) is 0 Å². The van der Waals surface area contributed by atoms with E-state index in [9.17, 15) is 13.2 Å². The van der Waals surface area contributed by atoms with E-state index in [4.69, 9.17) is 9.72 Å². The molecule has 0 aliphatic heterocycles. The van der Waals surface area contributed by atoms with Crippen molar-refractivity contribution < 1.29 is 17.9 Å². The molecule has 0 atom stereocenters. The molecule has 35 heavy (non-hydrogen) atoms.